The van der Waals surface area contributed by atoms with Crippen molar-refractivity contribution in [2.45, 2.75) is 37.3 Å². The molecule has 2 aliphatic heterocycles. The lowest BCUT2D eigenvalue weighted by molar-refractivity contribution is -0.159. The summed E-state index contributed by atoms with van der Waals surface area (Å²) in [6, 6.07) is 28.0. The number of piperidine rings is 1. The topological polar surface area (TPSA) is 68.4 Å². The molecule has 2 N–H and O–H groups in total. The highest BCUT2D eigenvalue weighted by Crippen LogP contribution is 2.35. The molecule has 1 aromatic heterocycles. The number of nitrogens with one attached hydrogen (secondary N) is 2. The number of para-hydroxylation sites is 2. The van der Waals surface area contributed by atoms with Crippen molar-refractivity contribution < 1.29 is 9.59 Å². The summed E-state index contributed by atoms with van der Waals surface area (Å²) >= 11 is 0. The molecule has 6 heteroatoms. The Morgan fingerprint density at radius 3 is 2.27 bits per heavy atom. The van der Waals surface area contributed by atoms with Gasteiger partial charge in [-0.15, -0.1) is 0 Å². The van der Waals surface area contributed by atoms with Gasteiger partial charge in [-0.1, -0.05) is 66.7 Å². The van der Waals surface area contributed by atoms with E-state index >= 15 is 0 Å². The molecule has 1 unspecified atom stereocenters. The largest absolute Gasteiger partial charge is 0.371 e. The van der Waals surface area contributed by atoms with Crippen LogP contribution in [0.25, 0.3) is 10.9 Å². The summed E-state index contributed by atoms with van der Waals surface area (Å²) < 4.78 is 0. The van der Waals surface area contributed by atoms with E-state index in [4.69, 9.17) is 0 Å². The van der Waals surface area contributed by atoms with Gasteiger partial charge >= 0.3 is 0 Å². The lowest BCUT2D eigenvalue weighted by Gasteiger charge is -2.52. The number of carbonyl (C=O) groups is 2. The number of H-pyrrole nitrogens is 1. The van der Waals surface area contributed by atoms with Crippen LogP contribution in [0.2, 0.25) is 0 Å². The van der Waals surface area contributed by atoms with Gasteiger partial charge in [0.05, 0.1) is 0 Å². The zero-order valence-corrected chi connectivity index (χ0v) is 20.9. The number of amides is 2. The first-order valence-electron chi connectivity index (χ1n) is 13.2. The molecule has 1 spiro atoms. The number of hydrogen-bond acceptors (Lipinski definition) is 3. The maximum atomic E-state index is 14.1. The van der Waals surface area contributed by atoms with Crippen molar-refractivity contribution in [3.05, 3.63) is 102 Å². The van der Waals surface area contributed by atoms with E-state index in [1.807, 2.05) is 65.7 Å². The number of piperazine rings is 1. The van der Waals surface area contributed by atoms with E-state index in [0.29, 0.717) is 25.8 Å². The molecule has 2 fully saturated rings. The number of rotatable bonds is 6. The second-order valence-electron chi connectivity index (χ2n) is 10.2. The lowest BCUT2D eigenvalue weighted by atomic mass is 9.80. The molecule has 37 heavy (non-hydrogen) atoms. The smallest absolute Gasteiger partial charge is 0.246 e. The summed E-state index contributed by atoms with van der Waals surface area (Å²) in [6.07, 6.45) is 4.40. The predicted octanol–water partition coefficient (Wildman–Crippen LogP) is 4.32. The number of aromatic amines is 1. The van der Waals surface area contributed by atoms with Gasteiger partial charge in [-0.25, -0.2) is 0 Å². The third-order valence-electron chi connectivity index (χ3n) is 8.09. The molecule has 0 radical (unpaired) electrons. The quantitative estimate of drug-likeness (QED) is 0.421. The molecular formula is C31H32N4O2. The highest BCUT2D eigenvalue weighted by molar-refractivity contribution is 6.00. The highest BCUT2D eigenvalue weighted by Gasteiger charge is 2.53. The van der Waals surface area contributed by atoms with E-state index in [0.717, 1.165) is 41.7 Å². The molecule has 0 bridgehead atoms. The Morgan fingerprint density at radius 1 is 0.838 bits per heavy atom. The summed E-state index contributed by atoms with van der Waals surface area (Å²) in [5.74, 6) is 0.00619. The van der Waals surface area contributed by atoms with Crippen molar-refractivity contribution in [2.75, 3.05) is 24.5 Å². The second kappa shape index (κ2) is 9.77. The van der Waals surface area contributed by atoms with Gasteiger partial charge in [0.15, 0.2) is 0 Å². The van der Waals surface area contributed by atoms with Crippen molar-refractivity contribution in [3.63, 3.8) is 0 Å². The first-order chi connectivity index (χ1) is 18.1. The highest BCUT2D eigenvalue weighted by atomic mass is 16.2. The molecule has 188 valence electrons. The van der Waals surface area contributed by atoms with Crippen LogP contribution in [0, 0.1) is 0 Å². The Hall–Kier alpha value is -4.06. The van der Waals surface area contributed by atoms with Crippen LogP contribution < -0.4 is 10.2 Å². The maximum Gasteiger partial charge on any atom is 0.246 e. The predicted molar refractivity (Wildman–Crippen MR) is 146 cm³/mol. The van der Waals surface area contributed by atoms with Gasteiger partial charge in [0.2, 0.25) is 11.8 Å². The molecule has 2 saturated heterocycles. The van der Waals surface area contributed by atoms with E-state index in [1.165, 1.54) is 5.56 Å². The number of hydrogen-bond donors (Lipinski definition) is 2. The molecule has 3 heterocycles. The van der Waals surface area contributed by atoms with Crippen LogP contribution in [0.3, 0.4) is 0 Å². The first-order valence-corrected chi connectivity index (χ1v) is 13.2. The Morgan fingerprint density at radius 2 is 1.51 bits per heavy atom. The summed E-state index contributed by atoms with van der Waals surface area (Å²) in [6.45, 7) is 2.01. The van der Waals surface area contributed by atoms with E-state index in [-0.39, 0.29) is 11.8 Å². The average Bonchev–Trinajstić information content (AvgIpc) is 3.36. The van der Waals surface area contributed by atoms with Crippen LogP contribution >= 0.6 is 0 Å². The van der Waals surface area contributed by atoms with Gasteiger partial charge in [-0.05, 0) is 48.6 Å². The van der Waals surface area contributed by atoms with Crippen molar-refractivity contribution in [2.24, 2.45) is 0 Å². The summed E-state index contributed by atoms with van der Waals surface area (Å²) in [7, 11) is 0. The van der Waals surface area contributed by atoms with Gasteiger partial charge < -0.3 is 20.1 Å². The Bertz CT molecular complexity index is 1390. The van der Waals surface area contributed by atoms with Crippen molar-refractivity contribution in [1.29, 1.82) is 0 Å². The van der Waals surface area contributed by atoms with Crippen LogP contribution in [-0.4, -0.2) is 52.9 Å². The van der Waals surface area contributed by atoms with E-state index in [9.17, 15) is 9.59 Å². The van der Waals surface area contributed by atoms with Crippen LogP contribution in [-0.2, 0) is 22.4 Å². The fourth-order valence-electron chi connectivity index (χ4n) is 6.02. The number of aromatic nitrogens is 1. The number of fused-ring (bicyclic) bond motifs is 1. The van der Waals surface area contributed by atoms with Crippen LogP contribution in [0.1, 0.15) is 24.0 Å². The standard InChI is InChI=1S/C31H32N4O2/c36-29-28(21-24-22-32-27-14-8-7-13-26(24)27)33-30(37)31(35(29)18-15-23-9-3-1-4-10-23)16-19-34(20-17-31)25-11-5-2-6-12-25/h1-14,22,28,32H,15-21H2,(H,33,37). The molecule has 4 aromatic rings. The average molecular weight is 493 g/mol. The van der Waals surface area contributed by atoms with Gasteiger partial charge in [0, 0.05) is 48.8 Å². The van der Waals surface area contributed by atoms with Gasteiger partial charge in [-0.2, -0.15) is 0 Å². The van der Waals surface area contributed by atoms with E-state index < -0.39 is 11.6 Å². The Labute approximate surface area is 217 Å². The second-order valence-corrected chi connectivity index (χ2v) is 10.2. The zero-order valence-electron chi connectivity index (χ0n) is 20.9. The van der Waals surface area contributed by atoms with E-state index in [1.54, 1.807) is 0 Å². The van der Waals surface area contributed by atoms with Crippen LogP contribution in [0.15, 0.2) is 91.1 Å². The lowest BCUT2D eigenvalue weighted by Crippen LogP contribution is -2.73. The molecule has 2 aliphatic rings. The van der Waals surface area contributed by atoms with Crippen molar-refractivity contribution in [3.8, 4) is 0 Å². The Balaban J connectivity index is 1.27. The zero-order chi connectivity index (χ0) is 25.2. The molecule has 0 saturated carbocycles. The number of anilines is 1. The van der Waals surface area contributed by atoms with Crippen molar-refractivity contribution in [1.82, 2.24) is 15.2 Å². The van der Waals surface area contributed by atoms with Crippen molar-refractivity contribution >= 4 is 28.4 Å². The summed E-state index contributed by atoms with van der Waals surface area (Å²) in [5.41, 5.74) is 3.61. The third-order valence-corrected chi connectivity index (χ3v) is 8.09. The minimum atomic E-state index is -0.812. The number of carbonyl (C=O) groups excluding carboxylic acids is 2. The van der Waals surface area contributed by atoms with Crippen LogP contribution in [0.4, 0.5) is 5.69 Å². The molecule has 1 atom stereocenters. The molecule has 0 aliphatic carbocycles. The number of nitrogens with zero attached hydrogens (tertiary/aromatic N) is 2. The van der Waals surface area contributed by atoms with E-state index in [2.05, 4.69) is 45.5 Å². The SMILES string of the molecule is O=C1C(Cc2c[nH]c3ccccc23)NC(=O)C2(CCN(c3ccccc3)CC2)N1CCc1ccccc1. The van der Waals surface area contributed by atoms with Gasteiger partial charge in [-0.3, -0.25) is 9.59 Å². The van der Waals surface area contributed by atoms with Gasteiger partial charge in [0.25, 0.3) is 0 Å². The van der Waals surface area contributed by atoms with Crippen LogP contribution in [0.5, 0.6) is 0 Å². The van der Waals surface area contributed by atoms with Gasteiger partial charge in [0.1, 0.15) is 11.6 Å². The first kappa shape index (κ1) is 23.3. The summed E-state index contributed by atoms with van der Waals surface area (Å²) in [5, 5.41) is 4.24. The Kier molecular flexibility index (Phi) is 6.16. The molecular weight excluding hydrogens is 460 g/mol. The molecule has 6 rings (SSSR count). The minimum absolute atomic E-state index is 0.0160. The molecule has 3 aromatic carbocycles. The fraction of sp³-hybridized carbons (Fsp3) is 0.290. The number of benzene rings is 3. The maximum absolute atomic E-state index is 14.1. The molecule has 2 amide bonds. The molecule has 6 nitrogen and oxygen atoms in total. The fourth-order valence-corrected chi connectivity index (χ4v) is 6.02. The summed E-state index contributed by atoms with van der Waals surface area (Å²) in [4.78, 5) is 35.4. The normalized spacial score (nSPS) is 19.4. The monoisotopic (exact) mass is 492 g/mol. The minimum Gasteiger partial charge on any atom is -0.371 e. The third kappa shape index (κ3) is 4.37.